The molecular weight excluding hydrogens is 328 g/mol. The maximum absolute atomic E-state index is 12.6. The maximum Gasteiger partial charge on any atom is 0.408 e. The molecule has 1 N–H and O–H groups in total. The van der Waals surface area contributed by atoms with Gasteiger partial charge in [-0.2, -0.15) is 0 Å². The molecule has 1 aliphatic carbocycles. The van der Waals surface area contributed by atoms with Crippen LogP contribution in [-0.2, 0) is 4.79 Å². The van der Waals surface area contributed by atoms with Gasteiger partial charge in [0, 0.05) is 24.7 Å². The first-order valence-electron chi connectivity index (χ1n) is 9.63. The Morgan fingerprint density at radius 2 is 1.96 bits per heavy atom. The Bertz CT molecular complexity index is 626. The van der Waals surface area contributed by atoms with Gasteiger partial charge in [0.05, 0.1) is 6.04 Å². The first-order chi connectivity index (χ1) is 11.9. The lowest BCUT2D eigenvalue weighted by Crippen LogP contribution is -2.52. The minimum atomic E-state index is -0.919. The SMILES string of the molecule is CC1=C(C=CC(=O)N2CC[C@H](N(C(=O)O)C(C)(C)C)C2)C(C)(C)CCC1. The Labute approximate surface area is 157 Å². The highest BCUT2D eigenvalue weighted by Crippen LogP contribution is 2.40. The second-order valence-electron chi connectivity index (χ2n) is 9.31. The lowest BCUT2D eigenvalue weighted by atomic mass is 9.72. The van der Waals surface area contributed by atoms with Gasteiger partial charge >= 0.3 is 6.09 Å². The van der Waals surface area contributed by atoms with Crippen LogP contribution in [0.1, 0.15) is 67.2 Å². The van der Waals surface area contributed by atoms with Crippen molar-refractivity contribution < 1.29 is 14.7 Å². The summed E-state index contributed by atoms with van der Waals surface area (Å²) in [5.41, 5.74) is 2.28. The fourth-order valence-electron chi connectivity index (χ4n) is 4.41. The van der Waals surface area contributed by atoms with Crippen LogP contribution in [0.5, 0.6) is 0 Å². The van der Waals surface area contributed by atoms with E-state index in [0.29, 0.717) is 19.5 Å². The molecule has 1 fully saturated rings. The predicted octanol–water partition coefficient (Wildman–Crippen LogP) is 4.45. The molecule has 26 heavy (non-hydrogen) atoms. The van der Waals surface area contributed by atoms with Crippen molar-refractivity contribution in [3.63, 3.8) is 0 Å². The standard InChI is InChI=1S/C21H34N2O3/c1-15-8-7-12-21(5,6)17(15)9-10-18(24)22-13-11-16(14-22)23(19(25)26)20(2,3)4/h9-10,16H,7-8,11-14H2,1-6H3,(H,25,26)/t16-/m0/s1. The Kier molecular flexibility index (Phi) is 5.89. The predicted molar refractivity (Wildman–Crippen MR) is 104 cm³/mol. The average molecular weight is 363 g/mol. The van der Waals surface area contributed by atoms with E-state index in [-0.39, 0.29) is 17.4 Å². The van der Waals surface area contributed by atoms with Crippen LogP contribution in [0.4, 0.5) is 4.79 Å². The molecule has 0 radical (unpaired) electrons. The van der Waals surface area contributed by atoms with Gasteiger partial charge in [0.15, 0.2) is 0 Å². The Balaban J connectivity index is 2.07. The maximum atomic E-state index is 12.6. The van der Waals surface area contributed by atoms with Crippen molar-refractivity contribution in [2.24, 2.45) is 5.41 Å². The summed E-state index contributed by atoms with van der Waals surface area (Å²) in [4.78, 5) is 27.6. The van der Waals surface area contributed by atoms with Gasteiger partial charge in [-0.25, -0.2) is 4.79 Å². The molecule has 0 aromatic carbocycles. The minimum Gasteiger partial charge on any atom is -0.465 e. The van der Waals surface area contributed by atoms with Crippen LogP contribution in [0, 0.1) is 5.41 Å². The topological polar surface area (TPSA) is 60.9 Å². The molecule has 0 bridgehead atoms. The van der Waals surface area contributed by atoms with E-state index < -0.39 is 11.6 Å². The number of carboxylic acid groups (broad SMARTS) is 1. The molecule has 5 heteroatoms. The van der Waals surface area contributed by atoms with Gasteiger partial charge in [0.1, 0.15) is 0 Å². The van der Waals surface area contributed by atoms with Crippen molar-refractivity contribution in [2.45, 2.75) is 78.8 Å². The number of hydrogen-bond donors (Lipinski definition) is 1. The van der Waals surface area contributed by atoms with Gasteiger partial charge in [0.25, 0.3) is 0 Å². The normalized spacial score (nSPS) is 23.6. The summed E-state index contributed by atoms with van der Waals surface area (Å²) in [6.07, 6.45) is 6.88. The number of nitrogens with zero attached hydrogens (tertiary/aromatic N) is 2. The molecule has 0 aromatic heterocycles. The van der Waals surface area contributed by atoms with Gasteiger partial charge in [0.2, 0.25) is 5.91 Å². The molecule has 0 aromatic rings. The molecule has 0 unspecified atom stereocenters. The lowest BCUT2D eigenvalue weighted by Gasteiger charge is -2.37. The van der Waals surface area contributed by atoms with Crippen LogP contribution in [0.15, 0.2) is 23.3 Å². The summed E-state index contributed by atoms with van der Waals surface area (Å²) in [5.74, 6) is -0.0200. The van der Waals surface area contributed by atoms with Crippen LogP contribution in [-0.4, -0.2) is 51.6 Å². The molecule has 1 atom stereocenters. The van der Waals surface area contributed by atoms with Gasteiger partial charge in [-0.1, -0.05) is 25.5 Å². The molecular formula is C21H34N2O3. The van der Waals surface area contributed by atoms with Crippen LogP contribution in [0.3, 0.4) is 0 Å². The number of carbonyl (C=O) groups excluding carboxylic acids is 1. The van der Waals surface area contributed by atoms with Gasteiger partial charge in [-0.05, 0) is 64.4 Å². The molecule has 2 rings (SSSR count). The van der Waals surface area contributed by atoms with Crippen LogP contribution >= 0.6 is 0 Å². The van der Waals surface area contributed by atoms with E-state index in [0.717, 1.165) is 12.8 Å². The third kappa shape index (κ3) is 4.49. The van der Waals surface area contributed by atoms with E-state index in [1.54, 1.807) is 11.0 Å². The minimum absolute atomic E-state index is 0.0200. The second-order valence-corrected chi connectivity index (χ2v) is 9.31. The van der Waals surface area contributed by atoms with Crippen molar-refractivity contribution in [1.29, 1.82) is 0 Å². The fourth-order valence-corrected chi connectivity index (χ4v) is 4.41. The van der Waals surface area contributed by atoms with Crippen molar-refractivity contribution in [3.8, 4) is 0 Å². The Morgan fingerprint density at radius 3 is 2.50 bits per heavy atom. The summed E-state index contributed by atoms with van der Waals surface area (Å²) < 4.78 is 0. The number of allylic oxidation sites excluding steroid dienone is 3. The zero-order valence-electron chi connectivity index (χ0n) is 17.1. The first-order valence-corrected chi connectivity index (χ1v) is 9.63. The lowest BCUT2D eigenvalue weighted by molar-refractivity contribution is -0.125. The zero-order chi connectivity index (χ0) is 19.7. The molecule has 1 aliphatic heterocycles. The van der Waals surface area contributed by atoms with Gasteiger partial charge in [-0.15, -0.1) is 0 Å². The van der Waals surface area contributed by atoms with E-state index in [9.17, 15) is 14.7 Å². The van der Waals surface area contributed by atoms with E-state index in [2.05, 4.69) is 20.8 Å². The highest BCUT2D eigenvalue weighted by molar-refractivity contribution is 5.88. The molecule has 1 heterocycles. The quantitative estimate of drug-likeness (QED) is 0.755. The highest BCUT2D eigenvalue weighted by Gasteiger charge is 2.38. The van der Waals surface area contributed by atoms with Crippen LogP contribution in [0.25, 0.3) is 0 Å². The fraction of sp³-hybridized carbons (Fsp3) is 0.714. The monoisotopic (exact) mass is 362 g/mol. The number of rotatable bonds is 3. The summed E-state index contributed by atoms with van der Waals surface area (Å²) in [6.45, 7) is 13.4. The van der Waals surface area contributed by atoms with Crippen molar-refractivity contribution in [1.82, 2.24) is 9.80 Å². The largest absolute Gasteiger partial charge is 0.465 e. The summed E-state index contributed by atoms with van der Waals surface area (Å²) >= 11 is 0. The van der Waals surface area contributed by atoms with Crippen molar-refractivity contribution >= 4 is 12.0 Å². The second kappa shape index (κ2) is 7.45. The molecule has 2 amide bonds. The third-order valence-electron chi connectivity index (χ3n) is 5.70. The smallest absolute Gasteiger partial charge is 0.408 e. The molecule has 2 aliphatic rings. The average Bonchev–Trinajstić information content (AvgIpc) is 2.93. The van der Waals surface area contributed by atoms with Gasteiger partial charge < -0.3 is 10.0 Å². The summed E-state index contributed by atoms with van der Waals surface area (Å²) in [6, 6.07) is -0.142. The zero-order valence-corrected chi connectivity index (χ0v) is 17.1. The summed E-state index contributed by atoms with van der Waals surface area (Å²) in [5, 5.41) is 9.56. The third-order valence-corrected chi connectivity index (χ3v) is 5.70. The number of likely N-dealkylation sites (tertiary alicyclic amines) is 1. The molecule has 0 saturated carbocycles. The van der Waals surface area contributed by atoms with E-state index in [4.69, 9.17) is 0 Å². The Hall–Kier alpha value is -1.78. The number of carbonyl (C=O) groups is 2. The Morgan fingerprint density at radius 1 is 1.31 bits per heavy atom. The van der Waals surface area contributed by atoms with Crippen LogP contribution in [0.2, 0.25) is 0 Å². The molecule has 5 nitrogen and oxygen atoms in total. The number of amides is 2. The van der Waals surface area contributed by atoms with E-state index in [1.165, 1.54) is 22.5 Å². The highest BCUT2D eigenvalue weighted by atomic mass is 16.4. The van der Waals surface area contributed by atoms with Crippen LogP contribution < -0.4 is 0 Å². The molecule has 146 valence electrons. The van der Waals surface area contributed by atoms with Crippen molar-refractivity contribution in [3.05, 3.63) is 23.3 Å². The first kappa shape index (κ1) is 20.5. The van der Waals surface area contributed by atoms with Crippen molar-refractivity contribution in [2.75, 3.05) is 13.1 Å². The van der Waals surface area contributed by atoms with E-state index in [1.807, 2.05) is 26.8 Å². The van der Waals surface area contributed by atoms with Gasteiger partial charge in [-0.3, -0.25) is 9.69 Å². The van der Waals surface area contributed by atoms with E-state index >= 15 is 0 Å². The summed E-state index contributed by atoms with van der Waals surface area (Å²) in [7, 11) is 0. The molecule has 0 spiro atoms. The molecule has 1 saturated heterocycles. The number of hydrogen-bond acceptors (Lipinski definition) is 2.